The lowest BCUT2D eigenvalue weighted by Gasteiger charge is -2.26. The lowest BCUT2D eigenvalue weighted by Crippen LogP contribution is -2.10. The van der Waals surface area contributed by atoms with E-state index in [1.54, 1.807) is 0 Å². The molecule has 10 aromatic rings. The second kappa shape index (κ2) is 10.1. The molecule has 220 valence electrons. The minimum atomic E-state index is 0.863. The molecule has 0 radical (unpaired) electrons. The van der Waals surface area contributed by atoms with Crippen molar-refractivity contribution in [3.05, 3.63) is 164 Å². The van der Waals surface area contributed by atoms with E-state index in [0.717, 1.165) is 60.9 Å². The highest BCUT2D eigenvalue weighted by Crippen LogP contribution is 2.45. The van der Waals surface area contributed by atoms with Crippen molar-refractivity contribution in [1.29, 1.82) is 0 Å². The third-order valence-electron chi connectivity index (χ3n) is 9.44. The number of hydrogen-bond acceptors (Lipinski definition) is 3. The van der Waals surface area contributed by atoms with Crippen molar-refractivity contribution >= 4 is 82.5 Å². The molecular formula is C44H27NO2. The molecule has 10 rings (SSSR count). The Kier molecular flexibility index (Phi) is 5.57. The van der Waals surface area contributed by atoms with Crippen molar-refractivity contribution in [3.8, 4) is 11.1 Å². The molecule has 0 unspecified atom stereocenters. The Hall–Kier alpha value is -6.32. The fraction of sp³-hybridized carbons (Fsp3) is 0. The summed E-state index contributed by atoms with van der Waals surface area (Å²) in [5.41, 5.74) is 9.01. The maximum atomic E-state index is 6.60. The topological polar surface area (TPSA) is 29.5 Å². The van der Waals surface area contributed by atoms with Crippen molar-refractivity contribution < 1.29 is 8.83 Å². The lowest BCUT2D eigenvalue weighted by molar-refractivity contribution is 0.669. The van der Waals surface area contributed by atoms with Crippen LogP contribution in [0.15, 0.2) is 173 Å². The van der Waals surface area contributed by atoms with Crippen molar-refractivity contribution in [2.75, 3.05) is 4.90 Å². The number of fused-ring (bicyclic) bond motifs is 10. The van der Waals surface area contributed by atoms with Gasteiger partial charge in [0, 0.05) is 38.3 Å². The number of nitrogens with zero attached hydrogens (tertiary/aromatic N) is 1. The third kappa shape index (κ3) is 4.00. The summed E-state index contributed by atoms with van der Waals surface area (Å²) in [7, 11) is 0. The Morgan fingerprint density at radius 2 is 1.00 bits per heavy atom. The number of anilines is 3. The zero-order chi connectivity index (χ0) is 30.9. The predicted octanol–water partition coefficient (Wildman–Crippen LogP) is 12.9. The molecule has 0 bridgehead atoms. The Bertz CT molecular complexity index is 2790. The molecule has 0 saturated carbocycles. The molecule has 2 aromatic heterocycles. The quantitative estimate of drug-likeness (QED) is 0.188. The Labute approximate surface area is 270 Å². The van der Waals surface area contributed by atoms with Crippen molar-refractivity contribution in [3.63, 3.8) is 0 Å². The summed E-state index contributed by atoms with van der Waals surface area (Å²) in [4.78, 5) is 2.32. The van der Waals surface area contributed by atoms with Gasteiger partial charge in [0.25, 0.3) is 0 Å². The van der Waals surface area contributed by atoms with E-state index < -0.39 is 0 Å². The van der Waals surface area contributed by atoms with Gasteiger partial charge in [0.1, 0.15) is 16.7 Å². The average Bonchev–Trinajstić information content (AvgIpc) is 3.71. The first-order valence-corrected chi connectivity index (χ1v) is 15.9. The molecule has 2 heterocycles. The van der Waals surface area contributed by atoms with Crippen molar-refractivity contribution in [1.82, 2.24) is 0 Å². The molecule has 3 nitrogen and oxygen atoms in total. The van der Waals surface area contributed by atoms with Crippen LogP contribution in [-0.4, -0.2) is 0 Å². The van der Waals surface area contributed by atoms with Gasteiger partial charge in [-0.15, -0.1) is 0 Å². The molecular weight excluding hydrogens is 574 g/mol. The summed E-state index contributed by atoms with van der Waals surface area (Å²) < 4.78 is 12.9. The first kappa shape index (κ1) is 26.0. The molecule has 0 aliphatic rings. The third-order valence-corrected chi connectivity index (χ3v) is 9.44. The van der Waals surface area contributed by atoms with Crippen molar-refractivity contribution in [2.45, 2.75) is 0 Å². The molecule has 0 fully saturated rings. The van der Waals surface area contributed by atoms with Gasteiger partial charge in [-0.3, -0.25) is 0 Å². The van der Waals surface area contributed by atoms with Crippen LogP contribution in [0.25, 0.3) is 76.5 Å². The van der Waals surface area contributed by atoms with E-state index in [1.807, 2.05) is 24.3 Å². The zero-order valence-corrected chi connectivity index (χ0v) is 25.4. The number of hydrogen-bond donors (Lipinski definition) is 0. The Balaban J connectivity index is 1.26. The zero-order valence-electron chi connectivity index (χ0n) is 25.4. The van der Waals surface area contributed by atoms with Gasteiger partial charge in [-0.25, -0.2) is 0 Å². The van der Waals surface area contributed by atoms with Gasteiger partial charge in [0.2, 0.25) is 0 Å². The standard InChI is InChI=1S/C44H27NO2/c1-2-9-28(10-3-1)29-19-23-32(24-20-29)45(38-14-8-13-35-34-11-4-6-15-39(34)47-44(35)38)33-25-21-30-17-18-31-22-26-41-43(42(31)37(30)27-33)36-12-5-7-16-40(36)46-41/h1-27H. The summed E-state index contributed by atoms with van der Waals surface area (Å²) in [6.07, 6.45) is 0. The highest BCUT2D eigenvalue weighted by atomic mass is 16.3. The minimum Gasteiger partial charge on any atom is -0.456 e. The summed E-state index contributed by atoms with van der Waals surface area (Å²) in [5, 5.41) is 9.25. The van der Waals surface area contributed by atoms with Crippen LogP contribution in [0.5, 0.6) is 0 Å². The van der Waals surface area contributed by atoms with Gasteiger partial charge < -0.3 is 13.7 Å². The van der Waals surface area contributed by atoms with Crippen LogP contribution in [-0.2, 0) is 0 Å². The number of rotatable bonds is 4. The normalized spacial score (nSPS) is 11.8. The van der Waals surface area contributed by atoms with E-state index >= 15 is 0 Å². The second-order valence-electron chi connectivity index (χ2n) is 12.1. The second-order valence-corrected chi connectivity index (χ2v) is 12.1. The molecule has 0 aliphatic heterocycles. The molecule has 0 atom stereocenters. The van der Waals surface area contributed by atoms with Gasteiger partial charge >= 0.3 is 0 Å². The van der Waals surface area contributed by atoms with E-state index in [-0.39, 0.29) is 0 Å². The first-order chi connectivity index (χ1) is 23.3. The Morgan fingerprint density at radius 3 is 1.85 bits per heavy atom. The summed E-state index contributed by atoms with van der Waals surface area (Å²) in [5.74, 6) is 0. The van der Waals surface area contributed by atoms with Crippen LogP contribution in [0, 0.1) is 0 Å². The molecule has 0 N–H and O–H groups in total. The number of para-hydroxylation sites is 3. The maximum absolute atomic E-state index is 6.60. The number of benzene rings is 8. The highest BCUT2D eigenvalue weighted by Gasteiger charge is 2.21. The van der Waals surface area contributed by atoms with E-state index in [9.17, 15) is 0 Å². The highest BCUT2D eigenvalue weighted by molar-refractivity contribution is 6.27. The van der Waals surface area contributed by atoms with Gasteiger partial charge in [-0.05, 0) is 75.8 Å². The predicted molar refractivity (Wildman–Crippen MR) is 196 cm³/mol. The van der Waals surface area contributed by atoms with Crippen LogP contribution in [0.2, 0.25) is 0 Å². The average molecular weight is 602 g/mol. The molecule has 0 spiro atoms. The summed E-state index contributed by atoms with van der Waals surface area (Å²) in [6.45, 7) is 0. The molecule has 0 amide bonds. The van der Waals surface area contributed by atoms with Crippen LogP contribution >= 0.6 is 0 Å². The minimum absolute atomic E-state index is 0.863. The molecule has 8 aromatic carbocycles. The largest absolute Gasteiger partial charge is 0.456 e. The SMILES string of the molecule is c1ccc(-c2ccc(N(c3ccc4ccc5ccc6oc7ccccc7c6c5c4c3)c3cccc4c3oc3ccccc34)cc2)cc1. The van der Waals surface area contributed by atoms with Crippen LogP contribution in [0.1, 0.15) is 0 Å². The molecule has 47 heavy (non-hydrogen) atoms. The lowest BCUT2D eigenvalue weighted by atomic mass is 9.96. The van der Waals surface area contributed by atoms with E-state index in [0.29, 0.717) is 0 Å². The summed E-state index contributed by atoms with van der Waals surface area (Å²) >= 11 is 0. The van der Waals surface area contributed by atoms with Gasteiger partial charge in [0.05, 0.1) is 5.69 Å². The monoisotopic (exact) mass is 601 g/mol. The summed E-state index contributed by atoms with van der Waals surface area (Å²) in [6, 6.07) is 57.8. The smallest absolute Gasteiger partial charge is 0.159 e. The van der Waals surface area contributed by atoms with E-state index in [2.05, 4.69) is 144 Å². The Morgan fingerprint density at radius 1 is 0.362 bits per heavy atom. The maximum Gasteiger partial charge on any atom is 0.159 e. The van der Waals surface area contributed by atoms with Gasteiger partial charge in [-0.2, -0.15) is 0 Å². The van der Waals surface area contributed by atoms with E-state index in [1.165, 1.54) is 32.7 Å². The fourth-order valence-corrected chi connectivity index (χ4v) is 7.26. The molecule has 0 saturated heterocycles. The van der Waals surface area contributed by atoms with Crippen LogP contribution < -0.4 is 4.90 Å². The fourth-order valence-electron chi connectivity index (χ4n) is 7.26. The van der Waals surface area contributed by atoms with Gasteiger partial charge in [0.15, 0.2) is 5.58 Å². The first-order valence-electron chi connectivity index (χ1n) is 15.9. The molecule has 3 heteroatoms. The van der Waals surface area contributed by atoms with Crippen LogP contribution in [0.4, 0.5) is 17.1 Å². The van der Waals surface area contributed by atoms with Crippen molar-refractivity contribution in [2.24, 2.45) is 0 Å². The van der Waals surface area contributed by atoms with E-state index in [4.69, 9.17) is 8.83 Å². The number of furan rings is 2. The van der Waals surface area contributed by atoms with Crippen LogP contribution in [0.3, 0.4) is 0 Å². The molecule has 0 aliphatic carbocycles. The van der Waals surface area contributed by atoms with Gasteiger partial charge in [-0.1, -0.05) is 115 Å².